The smallest absolute Gasteiger partial charge is 0.334 e. The lowest BCUT2D eigenvalue weighted by atomic mass is 9.88. The third-order valence-electron chi connectivity index (χ3n) is 3.64. The molecule has 0 aromatic rings. The quantitative estimate of drug-likeness (QED) is 0.410. The maximum atomic E-state index is 12.0. The van der Waals surface area contributed by atoms with Crippen molar-refractivity contribution in [1.82, 2.24) is 5.32 Å². The Morgan fingerprint density at radius 2 is 1.72 bits per heavy atom. The highest BCUT2D eigenvalue weighted by molar-refractivity contribution is 6.01. The summed E-state index contributed by atoms with van der Waals surface area (Å²) < 4.78 is 14.4. The molecule has 0 saturated carbocycles. The van der Waals surface area contributed by atoms with E-state index in [1.165, 1.54) is 21.1 Å². The highest BCUT2D eigenvalue weighted by Gasteiger charge is 2.29. The molecule has 1 atom stereocenters. The average molecular weight is 353 g/mol. The lowest BCUT2D eigenvalue weighted by molar-refractivity contribution is -0.147. The molecule has 0 spiro atoms. The largest absolute Gasteiger partial charge is 0.466 e. The monoisotopic (exact) mass is 353 g/mol. The van der Waals surface area contributed by atoms with Crippen molar-refractivity contribution in [3.63, 3.8) is 0 Å². The predicted molar refractivity (Wildman–Crippen MR) is 87.2 cm³/mol. The van der Waals surface area contributed by atoms with Crippen molar-refractivity contribution < 1.29 is 33.4 Å². The highest BCUT2D eigenvalue weighted by atomic mass is 16.5. The number of allylic oxidation sites excluding steroid dienone is 1. The maximum Gasteiger partial charge on any atom is 0.334 e. The number of ether oxygens (including phenoxy) is 3. The van der Waals surface area contributed by atoms with Gasteiger partial charge in [-0.15, -0.1) is 0 Å². The number of methoxy groups -OCH3 is 2. The van der Waals surface area contributed by atoms with Crippen LogP contribution in [-0.2, 0) is 33.4 Å². The van der Waals surface area contributed by atoms with Crippen molar-refractivity contribution in [3.05, 3.63) is 22.8 Å². The van der Waals surface area contributed by atoms with Crippen molar-refractivity contribution in [3.8, 4) is 0 Å². The Morgan fingerprint density at radius 1 is 1.12 bits per heavy atom. The number of nitrogens with one attached hydrogen (secondary N) is 1. The molecule has 0 radical (unpaired) electrons. The van der Waals surface area contributed by atoms with Gasteiger partial charge in [-0.3, -0.25) is 4.79 Å². The van der Waals surface area contributed by atoms with Gasteiger partial charge in [0.2, 0.25) is 5.91 Å². The molecular weight excluding hydrogens is 330 g/mol. The molecule has 0 aromatic heterocycles. The summed E-state index contributed by atoms with van der Waals surface area (Å²) in [6.07, 6.45) is 2.23. The van der Waals surface area contributed by atoms with Crippen LogP contribution in [0.25, 0.3) is 0 Å². The molecule has 0 aliphatic heterocycles. The molecule has 1 N–H and O–H groups in total. The first-order valence-corrected chi connectivity index (χ1v) is 7.84. The van der Waals surface area contributed by atoms with Crippen LogP contribution in [-0.4, -0.2) is 50.7 Å². The maximum absolute atomic E-state index is 12.0. The fourth-order valence-electron chi connectivity index (χ4n) is 2.52. The van der Waals surface area contributed by atoms with E-state index in [1.54, 1.807) is 13.0 Å². The van der Waals surface area contributed by atoms with Gasteiger partial charge in [0, 0.05) is 13.3 Å². The molecule has 1 aliphatic rings. The molecule has 0 saturated heterocycles. The third kappa shape index (κ3) is 5.74. The second kappa shape index (κ2) is 9.61. The van der Waals surface area contributed by atoms with Crippen LogP contribution in [0.15, 0.2) is 22.8 Å². The van der Waals surface area contributed by atoms with Gasteiger partial charge < -0.3 is 19.5 Å². The number of amides is 1. The Labute approximate surface area is 146 Å². The van der Waals surface area contributed by atoms with Crippen LogP contribution in [0.4, 0.5) is 0 Å². The zero-order valence-electron chi connectivity index (χ0n) is 14.8. The Kier molecular flexibility index (Phi) is 7.84. The SMILES string of the molecule is CCOC(=O)C(CC1=CCC(C(=O)OC)=C(C(=O)OC)C1)NC(C)=O. The summed E-state index contributed by atoms with van der Waals surface area (Å²) in [4.78, 5) is 47.1. The number of carbonyl (C=O) groups is 4. The normalized spacial score (nSPS) is 15.0. The second-order valence-electron chi connectivity index (χ2n) is 5.39. The molecule has 1 aliphatic carbocycles. The summed E-state index contributed by atoms with van der Waals surface area (Å²) >= 11 is 0. The summed E-state index contributed by atoms with van der Waals surface area (Å²) in [6.45, 7) is 3.16. The molecule has 25 heavy (non-hydrogen) atoms. The van der Waals surface area contributed by atoms with Crippen molar-refractivity contribution in [1.29, 1.82) is 0 Å². The van der Waals surface area contributed by atoms with Gasteiger partial charge in [-0.2, -0.15) is 0 Å². The summed E-state index contributed by atoms with van der Waals surface area (Å²) in [5.41, 5.74) is 1.14. The standard InChI is InChI=1S/C17H23NO7/c1-5-25-17(22)14(18-10(2)19)9-11-6-7-12(15(20)23-3)13(8-11)16(21)24-4/h6,14H,5,7-9H2,1-4H3,(H,18,19). The fourth-order valence-corrected chi connectivity index (χ4v) is 2.52. The van der Waals surface area contributed by atoms with Crippen LogP contribution >= 0.6 is 0 Å². The second-order valence-corrected chi connectivity index (χ2v) is 5.39. The first kappa shape index (κ1) is 20.4. The molecule has 0 fully saturated rings. The van der Waals surface area contributed by atoms with Crippen LogP contribution in [0, 0.1) is 0 Å². The molecule has 0 heterocycles. The van der Waals surface area contributed by atoms with Gasteiger partial charge in [0.25, 0.3) is 0 Å². The number of esters is 3. The average Bonchev–Trinajstić information content (AvgIpc) is 2.59. The van der Waals surface area contributed by atoms with Crippen molar-refractivity contribution in [2.45, 2.75) is 39.2 Å². The van der Waals surface area contributed by atoms with Gasteiger partial charge >= 0.3 is 17.9 Å². The molecule has 1 rings (SSSR count). The van der Waals surface area contributed by atoms with Crippen LogP contribution in [0.2, 0.25) is 0 Å². The number of hydrogen-bond donors (Lipinski definition) is 1. The molecule has 0 bridgehead atoms. The van der Waals surface area contributed by atoms with E-state index in [4.69, 9.17) is 9.47 Å². The summed E-state index contributed by atoms with van der Waals surface area (Å²) in [7, 11) is 2.46. The number of carbonyl (C=O) groups excluding carboxylic acids is 4. The summed E-state index contributed by atoms with van der Waals surface area (Å²) in [5, 5.41) is 2.54. The Hall–Kier alpha value is -2.64. The van der Waals surface area contributed by atoms with Gasteiger partial charge in [-0.05, 0) is 19.8 Å². The van der Waals surface area contributed by atoms with E-state index in [9.17, 15) is 19.2 Å². The number of hydrogen-bond acceptors (Lipinski definition) is 7. The molecule has 1 amide bonds. The third-order valence-corrected chi connectivity index (χ3v) is 3.64. The molecule has 1 unspecified atom stereocenters. The molecule has 8 nitrogen and oxygen atoms in total. The minimum atomic E-state index is -0.859. The van der Waals surface area contributed by atoms with Gasteiger partial charge in [0.05, 0.1) is 32.0 Å². The van der Waals surface area contributed by atoms with Gasteiger partial charge in [-0.25, -0.2) is 14.4 Å². The lowest BCUT2D eigenvalue weighted by Crippen LogP contribution is -2.41. The minimum Gasteiger partial charge on any atom is -0.466 e. The number of rotatable bonds is 7. The fraction of sp³-hybridized carbons (Fsp3) is 0.529. The Balaban J connectivity index is 2.97. The van der Waals surface area contributed by atoms with E-state index in [-0.39, 0.29) is 42.9 Å². The van der Waals surface area contributed by atoms with E-state index in [2.05, 4.69) is 10.1 Å². The van der Waals surface area contributed by atoms with Gasteiger partial charge in [0.1, 0.15) is 6.04 Å². The topological polar surface area (TPSA) is 108 Å². The van der Waals surface area contributed by atoms with E-state index >= 15 is 0 Å². The Bertz CT molecular complexity index is 618. The van der Waals surface area contributed by atoms with E-state index in [0.29, 0.717) is 0 Å². The van der Waals surface area contributed by atoms with Crippen molar-refractivity contribution in [2.24, 2.45) is 0 Å². The molecule has 138 valence electrons. The zero-order chi connectivity index (χ0) is 19.0. The van der Waals surface area contributed by atoms with E-state index in [1.807, 2.05) is 0 Å². The van der Waals surface area contributed by atoms with Gasteiger partial charge in [-0.1, -0.05) is 11.6 Å². The van der Waals surface area contributed by atoms with Crippen LogP contribution < -0.4 is 5.32 Å². The first-order valence-electron chi connectivity index (χ1n) is 7.84. The molecule has 8 heteroatoms. The van der Waals surface area contributed by atoms with Crippen LogP contribution in [0.1, 0.15) is 33.1 Å². The summed E-state index contributed by atoms with van der Waals surface area (Å²) in [6, 6.07) is -0.859. The van der Waals surface area contributed by atoms with Crippen molar-refractivity contribution in [2.75, 3.05) is 20.8 Å². The van der Waals surface area contributed by atoms with Gasteiger partial charge in [0.15, 0.2) is 0 Å². The predicted octanol–water partition coefficient (Wildman–Crippen LogP) is 0.807. The first-order chi connectivity index (χ1) is 11.8. The molecular formula is C17H23NO7. The van der Waals surface area contributed by atoms with E-state index < -0.39 is 23.9 Å². The van der Waals surface area contributed by atoms with Crippen molar-refractivity contribution >= 4 is 23.8 Å². The van der Waals surface area contributed by atoms with E-state index in [0.717, 1.165) is 5.57 Å². The minimum absolute atomic E-state index is 0.132. The van der Waals surface area contributed by atoms with Crippen LogP contribution in [0.5, 0.6) is 0 Å². The molecule has 0 aromatic carbocycles. The highest BCUT2D eigenvalue weighted by Crippen LogP contribution is 2.29. The Morgan fingerprint density at radius 3 is 2.24 bits per heavy atom. The zero-order valence-corrected chi connectivity index (χ0v) is 14.8. The summed E-state index contributed by atoms with van der Waals surface area (Å²) in [5.74, 6) is -2.15. The van der Waals surface area contributed by atoms with Crippen LogP contribution in [0.3, 0.4) is 0 Å². The lowest BCUT2D eigenvalue weighted by Gasteiger charge is -2.22.